The molecule has 0 saturated heterocycles. The predicted molar refractivity (Wildman–Crippen MR) is 96.3 cm³/mol. The first kappa shape index (κ1) is 14.8. The average Bonchev–Trinajstić information content (AvgIpc) is 2.58. The van der Waals surface area contributed by atoms with Crippen molar-refractivity contribution in [2.45, 2.75) is 0 Å². The van der Waals surface area contributed by atoms with Crippen molar-refractivity contribution in [2.75, 3.05) is 5.32 Å². The number of fused-ring (bicyclic) bond motifs is 3. The Labute approximate surface area is 146 Å². The molecule has 1 aliphatic rings. The van der Waals surface area contributed by atoms with Crippen LogP contribution in [0.4, 0.5) is 5.69 Å². The molecule has 1 N–H and O–H groups in total. The molecule has 1 aromatic heterocycles. The van der Waals surface area contributed by atoms with E-state index in [1.165, 1.54) is 12.3 Å². The number of benzene rings is 2. The summed E-state index contributed by atoms with van der Waals surface area (Å²) in [5.74, 6) is -0.427. The SMILES string of the molecule is O=C1C(Nc2cccc(Br)c2)=CC(=O)c2c1cnc1ccccc21. The zero-order valence-electron chi connectivity index (χ0n) is 12.4. The second kappa shape index (κ2) is 5.69. The van der Waals surface area contributed by atoms with E-state index < -0.39 is 0 Å². The molecule has 0 saturated carbocycles. The van der Waals surface area contributed by atoms with Gasteiger partial charge >= 0.3 is 0 Å². The molecule has 4 rings (SSSR count). The van der Waals surface area contributed by atoms with Gasteiger partial charge in [0.2, 0.25) is 5.78 Å². The third kappa shape index (κ3) is 2.43. The highest BCUT2D eigenvalue weighted by atomic mass is 79.9. The minimum Gasteiger partial charge on any atom is -0.352 e. The summed E-state index contributed by atoms with van der Waals surface area (Å²) in [5, 5.41) is 3.72. The Bertz CT molecular complexity index is 1040. The van der Waals surface area contributed by atoms with E-state index in [4.69, 9.17) is 0 Å². The summed E-state index contributed by atoms with van der Waals surface area (Å²) < 4.78 is 0.885. The van der Waals surface area contributed by atoms with Crippen LogP contribution in [-0.4, -0.2) is 16.6 Å². The van der Waals surface area contributed by atoms with Crippen LogP contribution in [0.25, 0.3) is 10.9 Å². The van der Waals surface area contributed by atoms with Gasteiger partial charge < -0.3 is 5.32 Å². The highest BCUT2D eigenvalue weighted by Gasteiger charge is 2.28. The fourth-order valence-electron chi connectivity index (χ4n) is 2.81. The number of hydrogen-bond acceptors (Lipinski definition) is 4. The maximum absolute atomic E-state index is 12.8. The summed E-state index contributed by atoms with van der Waals surface area (Å²) >= 11 is 3.39. The van der Waals surface area contributed by atoms with Crippen LogP contribution in [0.3, 0.4) is 0 Å². The van der Waals surface area contributed by atoms with Gasteiger partial charge in [-0.1, -0.05) is 40.2 Å². The van der Waals surface area contributed by atoms with Gasteiger partial charge in [-0.2, -0.15) is 0 Å². The van der Waals surface area contributed by atoms with Crippen molar-refractivity contribution in [3.63, 3.8) is 0 Å². The van der Waals surface area contributed by atoms with Gasteiger partial charge in [0.05, 0.1) is 16.8 Å². The van der Waals surface area contributed by atoms with Crippen LogP contribution in [0.15, 0.2) is 71.0 Å². The molecule has 0 amide bonds. The van der Waals surface area contributed by atoms with Gasteiger partial charge in [0.25, 0.3) is 0 Å². The summed E-state index contributed by atoms with van der Waals surface area (Å²) in [7, 11) is 0. The minimum absolute atomic E-state index is 0.194. The molecule has 2 aromatic carbocycles. The zero-order chi connectivity index (χ0) is 16.7. The van der Waals surface area contributed by atoms with Crippen molar-refractivity contribution in [2.24, 2.45) is 0 Å². The van der Waals surface area contributed by atoms with E-state index in [1.807, 2.05) is 48.5 Å². The molecule has 0 atom stereocenters. The monoisotopic (exact) mass is 378 g/mol. The lowest BCUT2D eigenvalue weighted by Gasteiger charge is -2.17. The fourth-order valence-corrected chi connectivity index (χ4v) is 3.21. The van der Waals surface area contributed by atoms with Crippen LogP contribution in [0.2, 0.25) is 0 Å². The number of para-hydroxylation sites is 1. The predicted octanol–water partition coefficient (Wildman–Crippen LogP) is 4.37. The van der Waals surface area contributed by atoms with Crippen molar-refractivity contribution in [1.29, 1.82) is 0 Å². The van der Waals surface area contributed by atoms with Crippen LogP contribution < -0.4 is 5.32 Å². The van der Waals surface area contributed by atoms with Gasteiger partial charge in [-0.15, -0.1) is 0 Å². The van der Waals surface area contributed by atoms with E-state index in [-0.39, 0.29) is 17.3 Å². The van der Waals surface area contributed by atoms with Gasteiger partial charge in [-0.05, 0) is 24.3 Å². The lowest BCUT2D eigenvalue weighted by atomic mass is 9.91. The molecule has 0 fully saturated rings. The molecule has 4 nitrogen and oxygen atoms in total. The largest absolute Gasteiger partial charge is 0.352 e. The van der Waals surface area contributed by atoms with Crippen molar-refractivity contribution in [1.82, 2.24) is 4.98 Å². The Hall–Kier alpha value is -2.79. The van der Waals surface area contributed by atoms with Crippen LogP contribution in [0, 0.1) is 0 Å². The second-order valence-electron chi connectivity index (χ2n) is 5.45. The second-order valence-corrected chi connectivity index (χ2v) is 6.37. The van der Waals surface area contributed by atoms with Crippen LogP contribution in [0.5, 0.6) is 0 Å². The number of nitrogens with one attached hydrogen (secondary N) is 1. The molecular weight excluding hydrogens is 368 g/mol. The molecule has 24 heavy (non-hydrogen) atoms. The molecule has 0 spiro atoms. The topological polar surface area (TPSA) is 59.1 Å². The molecule has 0 unspecified atom stereocenters. The third-order valence-electron chi connectivity index (χ3n) is 3.89. The Morgan fingerprint density at radius 1 is 1.00 bits per heavy atom. The number of anilines is 1. The van der Waals surface area contributed by atoms with Gasteiger partial charge in [-0.25, -0.2) is 0 Å². The minimum atomic E-state index is -0.233. The van der Waals surface area contributed by atoms with E-state index in [1.54, 1.807) is 0 Å². The molecule has 0 bridgehead atoms. The van der Waals surface area contributed by atoms with E-state index in [9.17, 15) is 9.59 Å². The van der Waals surface area contributed by atoms with Crippen LogP contribution in [0.1, 0.15) is 20.7 Å². The van der Waals surface area contributed by atoms with E-state index in [0.717, 1.165) is 10.2 Å². The summed E-state index contributed by atoms with van der Waals surface area (Å²) in [5.41, 5.74) is 2.44. The molecular formula is C19H11BrN2O2. The number of halogens is 1. The number of carbonyl (C=O) groups is 2. The Kier molecular flexibility index (Phi) is 3.50. The number of pyridine rings is 1. The first-order valence-corrected chi connectivity index (χ1v) is 8.14. The van der Waals surface area contributed by atoms with Crippen LogP contribution >= 0.6 is 15.9 Å². The smallest absolute Gasteiger partial charge is 0.211 e. The van der Waals surface area contributed by atoms with E-state index in [0.29, 0.717) is 22.0 Å². The number of Topliss-reactive ketones (excluding diaryl/α,β-unsaturated/α-hetero) is 1. The Morgan fingerprint density at radius 2 is 1.83 bits per heavy atom. The van der Waals surface area contributed by atoms with Gasteiger partial charge in [0.15, 0.2) is 5.78 Å². The van der Waals surface area contributed by atoms with Crippen molar-refractivity contribution < 1.29 is 9.59 Å². The summed E-state index contributed by atoms with van der Waals surface area (Å²) in [6.45, 7) is 0. The molecule has 1 heterocycles. The zero-order valence-corrected chi connectivity index (χ0v) is 14.0. The summed E-state index contributed by atoms with van der Waals surface area (Å²) in [6.07, 6.45) is 2.84. The Balaban J connectivity index is 1.80. The fraction of sp³-hybridized carbons (Fsp3) is 0. The highest BCUT2D eigenvalue weighted by molar-refractivity contribution is 9.10. The number of aromatic nitrogens is 1. The quantitative estimate of drug-likeness (QED) is 0.718. The lowest BCUT2D eigenvalue weighted by Crippen LogP contribution is -2.22. The number of rotatable bonds is 2. The highest BCUT2D eigenvalue weighted by Crippen LogP contribution is 2.28. The maximum atomic E-state index is 12.8. The average molecular weight is 379 g/mol. The Morgan fingerprint density at radius 3 is 2.67 bits per heavy atom. The van der Waals surface area contributed by atoms with Crippen molar-refractivity contribution in [3.8, 4) is 0 Å². The number of allylic oxidation sites excluding steroid dienone is 2. The lowest BCUT2D eigenvalue weighted by molar-refractivity contribution is 0.0986. The van der Waals surface area contributed by atoms with Crippen LogP contribution in [-0.2, 0) is 0 Å². The number of ketones is 2. The first-order valence-electron chi connectivity index (χ1n) is 7.34. The molecule has 3 aromatic rings. The molecule has 0 aliphatic heterocycles. The van der Waals surface area contributed by atoms with E-state index in [2.05, 4.69) is 26.2 Å². The van der Waals surface area contributed by atoms with Gasteiger partial charge in [0, 0.05) is 33.4 Å². The van der Waals surface area contributed by atoms with Gasteiger partial charge in [0.1, 0.15) is 0 Å². The normalized spacial score (nSPS) is 13.6. The number of nitrogens with zero attached hydrogens (tertiary/aromatic N) is 1. The summed E-state index contributed by atoms with van der Waals surface area (Å²) in [6, 6.07) is 14.7. The molecule has 1 aliphatic carbocycles. The third-order valence-corrected chi connectivity index (χ3v) is 4.38. The van der Waals surface area contributed by atoms with Gasteiger partial charge in [-0.3, -0.25) is 14.6 Å². The van der Waals surface area contributed by atoms with Crippen molar-refractivity contribution >= 4 is 44.1 Å². The standard InChI is InChI=1S/C19H11BrN2O2/c20-11-4-3-5-12(8-11)22-16-9-17(23)18-13-6-1-2-7-15(13)21-10-14(18)19(16)24/h1-10,22H. The molecule has 0 radical (unpaired) electrons. The number of hydrogen-bond donors (Lipinski definition) is 1. The van der Waals surface area contributed by atoms with Crippen molar-refractivity contribution in [3.05, 3.63) is 82.1 Å². The summed E-state index contributed by atoms with van der Waals surface area (Å²) in [4.78, 5) is 29.7. The molecule has 5 heteroatoms. The molecule has 116 valence electrons. The first-order chi connectivity index (χ1) is 11.6. The maximum Gasteiger partial charge on any atom is 0.211 e. The van der Waals surface area contributed by atoms with E-state index >= 15 is 0 Å². The number of carbonyl (C=O) groups excluding carboxylic acids is 2.